The molecule has 0 N–H and O–H groups in total. The first kappa shape index (κ1) is 23.7. The van der Waals surface area contributed by atoms with E-state index in [0.717, 1.165) is 11.3 Å². The number of carbonyl (C=O) groups is 2. The molecule has 156 valence electrons. The lowest BCUT2D eigenvalue weighted by molar-refractivity contribution is -0.128. The lowest BCUT2D eigenvalue weighted by atomic mass is 10.0. The van der Waals surface area contributed by atoms with Crippen molar-refractivity contribution in [2.24, 2.45) is 0 Å². The first-order chi connectivity index (χ1) is 13.1. The topological polar surface area (TPSA) is 55.8 Å². The molecule has 5 nitrogen and oxygen atoms in total. The summed E-state index contributed by atoms with van der Waals surface area (Å²) in [6.45, 7) is 3.83. The second-order valence-corrected chi connectivity index (χ2v) is 7.49. The zero-order valence-corrected chi connectivity index (χ0v) is 17.6. The summed E-state index contributed by atoms with van der Waals surface area (Å²) in [7, 11) is 1.60. The van der Waals surface area contributed by atoms with E-state index in [1.54, 1.807) is 7.11 Å². The highest BCUT2D eigenvalue weighted by Gasteiger charge is 2.40. The molecule has 0 aromatic carbocycles. The van der Waals surface area contributed by atoms with E-state index in [2.05, 4.69) is 13.0 Å². The van der Waals surface area contributed by atoms with Crippen molar-refractivity contribution >= 4 is 12.0 Å². The average molecular weight is 382 g/mol. The third-order valence-electron chi connectivity index (χ3n) is 5.20. The van der Waals surface area contributed by atoms with Gasteiger partial charge in [-0.25, -0.2) is 9.69 Å². The Labute approximate surface area is 165 Å². The minimum atomic E-state index is -0.576. The van der Waals surface area contributed by atoms with Crippen molar-refractivity contribution in [1.29, 1.82) is 0 Å². The standard InChI is InChI=1S/C22H39NO4/c1-4-5-6-7-8-9-10-11-12-13-14-15-16-17-21(26-3)20-18-27-22(25)23(20)19(2)24/h16-17,20-21H,4-15,18H2,1-3H3/b17-16+/t20-,21-/m0/s1. The van der Waals surface area contributed by atoms with Crippen LogP contribution in [0.1, 0.15) is 90.9 Å². The maximum absolute atomic E-state index is 11.6. The zero-order valence-electron chi connectivity index (χ0n) is 17.6. The van der Waals surface area contributed by atoms with E-state index in [-0.39, 0.29) is 24.7 Å². The van der Waals surface area contributed by atoms with Crippen molar-refractivity contribution in [1.82, 2.24) is 4.90 Å². The highest BCUT2D eigenvalue weighted by atomic mass is 16.6. The van der Waals surface area contributed by atoms with Gasteiger partial charge in [0.05, 0.1) is 6.10 Å². The van der Waals surface area contributed by atoms with E-state index in [1.165, 1.54) is 77.6 Å². The van der Waals surface area contributed by atoms with Crippen LogP contribution in [0.4, 0.5) is 4.79 Å². The van der Waals surface area contributed by atoms with Gasteiger partial charge in [0.1, 0.15) is 12.6 Å². The molecule has 1 aliphatic heterocycles. The third kappa shape index (κ3) is 9.41. The Bertz CT molecular complexity index is 450. The largest absolute Gasteiger partial charge is 0.447 e. The lowest BCUT2D eigenvalue weighted by Crippen LogP contribution is -2.44. The molecule has 1 saturated heterocycles. The fraction of sp³-hybridized carbons (Fsp3) is 0.818. The predicted octanol–water partition coefficient (Wildman–Crippen LogP) is 5.63. The second-order valence-electron chi connectivity index (χ2n) is 7.49. The summed E-state index contributed by atoms with van der Waals surface area (Å²) < 4.78 is 10.5. The van der Waals surface area contributed by atoms with Crippen LogP contribution in [0.5, 0.6) is 0 Å². The molecule has 2 amide bonds. The maximum atomic E-state index is 11.6. The zero-order chi connectivity index (χ0) is 19.9. The maximum Gasteiger partial charge on any atom is 0.417 e. The van der Waals surface area contributed by atoms with Gasteiger partial charge in [-0.1, -0.05) is 83.3 Å². The fourth-order valence-electron chi connectivity index (χ4n) is 3.56. The average Bonchev–Trinajstić information content (AvgIpc) is 3.03. The molecular weight excluding hydrogens is 342 g/mol. The first-order valence-electron chi connectivity index (χ1n) is 10.8. The van der Waals surface area contributed by atoms with E-state index in [4.69, 9.17) is 9.47 Å². The normalized spacial score (nSPS) is 18.3. The number of nitrogens with zero attached hydrogens (tertiary/aromatic N) is 1. The SMILES string of the molecule is CCCCCCCCCCCCC/C=C/[C@H](OC)[C@@H]1COC(=O)N1C(C)=O. The number of amides is 2. The van der Waals surface area contributed by atoms with Crippen LogP contribution in [0, 0.1) is 0 Å². The van der Waals surface area contributed by atoms with Crippen molar-refractivity contribution in [3.05, 3.63) is 12.2 Å². The molecule has 0 unspecified atom stereocenters. The monoisotopic (exact) mass is 381 g/mol. The summed E-state index contributed by atoms with van der Waals surface area (Å²) in [5.41, 5.74) is 0. The third-order valence-corrected chi connectivity index (χ3v) is 5.20. The van der Waals surface area contributed by atoms with Crippen molar-refractivity contribution < 1.29 is 19.1 Å². The van der Waals surface area contributed by atoms with Gasteiger partial charge in [-0.3, -0.25) is 4.79 Å². The molecule has 0 spiro atoms. The van der Waals surface area contributed by atoms with E-state index < -0.39 is 6.09 Å². The van der Waals surface area contributed by atoms with Crippen molar-refractivity contribution in [3.63, 3.8) is 0 Å². The van der Waals surface area contributed by atoms with E-state index >= 15 is 0 Å². The fourth-order valence-corrected chi connectivity index (χ4v) is 3.56. The number of hydrogen-bond acceptors (Lipinski definition) is 4. The van der Waals surface area contributed by atoms with Crippen molar-refractivity contribution in [3.8, 4) is 0 Å². The number of hydrogen-bond donors (Lipinski definition) is 0. The molecule has 0 bridgehead atoms. The van der Waals surface area contributed by atoms with Crippen molar-refractivity contribution in [2.75, 3.05) is 13.7 Å². The quantitative estimate of drug-likeness (QED) is 0.273. The summed E-state index contributed by atoms with van der Waals surface area (Å²) in [5.74, 6) is -0.302. The van der Waals surface area contributed by atoms with Gasteiger partial charge >= 0.3 is 6.09 Å². The van der Waals surface area contributed by atoms with Gasteiger partial charge in [-0.05, 0) is 12.8 Å². The summed E-state index contributed by atoms with van der Waals surface area (Å²) >= 11 is 0. The van der Waals surface area contributed by atoms with Crippen LogP contribution >= 0.6 is 0 Å². The molecule has 0 aromatic heterocycles. The van der Waals surface area contributed by atoms with E-state index in [0.29, 0.717) is 0 Å². The van der Waals surface area contributed by atoms with Gasteiger partial charge in [0.15, 0.2) is 0 Å². The minimum absolute atomic E-state index is 0.194. The molecule has 1 heterocycles. The summed E-state index contributed by atoms with van der Waals surface area (Å²) in [5, 5.41) is 0. The number of imide groups is 1. The molecule has 1 rings (SSSR count). The molecule has 0 aliphatic carbocycles. The Morgan fingerprint density at radius 1 is 1.11 bits per heavy atom. The Kier molecular flexibility index (Phi) is 12.9. The van der Waals surface area contributed by atoms with E-state index in [1.807, 2.05) is 6.08 Å². The number of methoxy groups -OCH3 is 1. The number of carbonyl (C=O) groups excluding carboxylic acids is 2. The molecule has 1 fully saturated rings. The molecule has 0 aromatic rings. The highest BCUT2D eigenvalue weighted by molar-refractivity contribution is 5.92. The van der Waals surface area contributed by atoms with Gasteiger partial charge in [0, 0.05) is 14.0 Å². The molecule has 5 heteroatoms. The molecule has 0 radical (unpaired) electrons. The van der Waals surface area contributed by atoms with Crippen molar-refractivity contribution in [2.45, 2.75) is 103 Å². The Hall–Kier alpha value is -1.36. The van der Waals surface area contributed by atoms with Crippen LogP contribution in [0.2, 0.25) is 0 Å². The van der Waals surface area contributed by atoms with E-state index in [9.17, 15) is 9.59 Å². The van der Waals surface area contributed by atoms with Gasteiger partial charge in [-0.2, -0.15) is 0 Å². The first-order valence-corrected chi connectivity index (χ1v) is 10.8. The number of rotatable bonds is 15. The van der Waals surface area contributed by atoms with Gasteiger partial charge < -0.3 is 9.47 Å². The smallest absolute Gasteiger partial charge is 0.417 e. The Morgan fingerprint density at radius 3 is 2.19 bits per heavy atom. The van der Waals surface area contributed by atoms with Crippen LogP contribution in [0.25, 0.3) is 0 Å². The number of ether oxygens (including phenoxy) is 2. The number of cyclic esters (lactones) is 1. The van der Waals surface area contributed by atoms with Crippen LogP contribution in [0.15, 0.2) is 12.2 Å². The Morgan fingerprint density at radius 2 is 1.67 bits per heavy atom. The molecule has 1 aliphatic rings. The minimum Gasteiger partial charge on any atom is -0.447 e. The molecule has 2 atom stereocenters. The summed E-state index contributed by atoms with van der Waals surface area (Å²) in [6.07, 6.45) is 18.9. The number of unbranched alkanes of at least 4 members (excludes halogenated alkanes) is 11. The number of allylic oxidation sites excluding steroid dienone is 1. The molecule has 27 heavy (non-hydrogen) atoms. The van der Waals surface area contributed by atoms with Gasteiger partial charge in [-0.15, -0.1) is 0 Å². The highest BCUT2D eigenvalue weighted by Crippen LogP contribution is 2.19. The molecule has 0 saturated carbocycles. The van der Waals surface area contributed by atoms with Crippen LogP contribution < -0.4 is 0 Å². The predicted molar refractivity (Wildman–Crippen MR) is 109 cm³/mol. The van der Waals surface area contributed by atoms with Gasteiger partial charge in [0.25, 0.3) is 0 Å². The Balaban J connectivity index is 2.10. The van der Waals surface area contributed by atoms with Crippen LogP contribution in [-0.4, -0.2) is 42.8 Å². The summed E-state index contributed by atoms with van der Waals surface area (Å²) in [6, 6.07) is -0.367. The second kappa shape index (κ2) is 14.7. The van der Waals surface area contributed by atoms with Gasteiger partial charge in [0.2, 0.25) is 5.91 Å². The van der Waals surface area contributed by atoms with Crippen LogP contribution in [-0.2, 0) is 14.3 Å². The molecular formula is C22H39NO4. The lowest BCUT2D eigenvalue weighted by Gasteiger charge is -2.23. The van der Waals surface area contributed by atoms with Crippen LogP contribution in [0.3, 0.4) is 0 Å². The summed E-state index contributed by atoms with van der Waals surface area (Å²) in [4.78, 5) is 24.4.